The van der Waals surface area contributed by atoms with Crippen LogP contribution in [0.2, 0.25) is 0 Å². The summed E-state index contributed by atoms with van der Waals surface area (Å²) in [6, 6.07) is 7.41. The molecule has 1 heterocycles. The summed E-state index contributed by atoms with van der Waals surface area (Å²) in [7, 11) is 2.94. The Bertz CT molecular complexity index is 1230. The number of halogens is 1. The van der Waals surface area contributed by atoms with Crippen molar-refractivity contribution in [3.8, 4) is 10.6 Å². The molecule has 2 aromatic rings. The summed E-state index contributed by atoms with van der Waals surface area (Å²) < 4.78 is 9.29. The lowest BCUT2D eigenvalue weighted by molar-refractivity contribution is -0.139. The first-order chi connectivity index (χ1) is 20.7. The van der Waals surface area contributed by atoms with E-state index < -0.39 is 0 Å². The molecule has 1 atom stereocenters. The molecule has 0 spiro atoms. The van der Waals surface area contributed by atoms with Gasteiger partial charge in [0.25, 0.3) is 5.91 Å². The fraction of sp³-hybridized carbons (Fsp3) is 0.484. The van der Waals surface area contributed by atoms with Gasteiger partial charge in [-0.15, -0.1) is 22.9 Å². The van der Waals surface area contributed by atoms with Crippen molar-refractivity contribution in [2.75, 3.05) is 32.4 Å². The van der Waals surface area contributed by atoms with Crippen LogP contribution in [0.4, 0.5) is 0 Å². The van der Waals surface area contributed by atoms with E-state index in [0.29, 0.717) is 30.3 Å². The van der Waals surface area contributed by atoms with Crippen LogP contribution in [0.1, 0.15) is 67.9 Å². The first kappa shape index (κ1) is 36.2. The topological polar surface area (TPSA) is 119 Å². The Kier molecular flexibility index (Phi) is 16.9. The van der Waals surface area contributed by atoms with E-state index in [-0.39, 0.29) is 30.4 Å². The molecule has 1 aromatic heterocycles. The van der Waals surface area contributed by atoms with Gasteiger partial charge in [-0.3, -0.25) is 14.4 Å². The number of carbonyl (C=O) groups excluding carboxylic acids is 3. The van der Waals surface area contributed by atoms with Crippen LogP contribution in [0.15, 0.2) is 53.3 Å². The molecule has 12 heteroatoms. The fourth-order valence-corrected chi connectivity index (χ4v) is 5.19. The minimum atomic E-state index is -0.373. The number of esters is 1. The summed E-state index contributed by atoms with van der Waals surface area (Å²) in [5, 5.41) is 11.6. The lowest BCUT2D eigenvalue weighted by Crippen LogP contribution is -2.44. The van der Waals surface area contributed by atoms with Crippen molar-refractivity contribution in [2.45, 2.75) is 64.5 Å². The van der Waals surface area contributed by atoms with Crippen molar-refractivity contribution in [1.29, 1.82) is 0 Å². The predicted molar refractivity (Wildman–Crippen MR) is 176 cm³/mol. The monoisotopic (exact) mass is 650 g/mol. The molecule has 1 aliphatic carbocycles. The summed E-state index contributed by atoms with van der Waals surface area (Å²) in [5.41, 5.74) is 4.24. The van der Waals surface area contributed by atoms with E-state index in [4.69, 9.17) is 16.3 Å². The predicted octanol–water partition coefficient (Wildman–Crippen LogP) is 5.62. The number of hydrogen-bond donors (Lipinski definition) is 4. The van der Waals surface area contributed by atoms with Crippen LogP contribution in [0.5, 0.6) is 0 Å². The highest BCUT2D eigenvalue weighted by molar-refractivity contribution is 7.80. The molecule has 43 heavy (non-hydrogen) atoms. The Morgan fingerprint density at radius 1 is 1.09 bits per heavy atom. The van der Waals surface area contributed by atoms with Gasteiger partial charge >= 0.3 is 5.97 Å². The van der Waals surface area contributed by atoms with Gasteiger partial charge in [0.1, 0.15) is 17.2 Å². The molecule has 9 nitrogen and oxygen atoms in total. The molecule has 0 aliphatic heterocycles. The van der Waals surface area contributed by atoms with Gasteiger partial charge < -0.3 is 25.4 Å². The third kappa shape index (κ3) is 13.0. The number of hydrogen-bond acceptors (Lipinski definition) is 9. The molecule has 1 aromatic carbocycles. The van der Waals surface area contributed by atoms with Crippen LogP contribution in [0, 0.1) is 0 Å². The van der Waals surface area contributed by atoms with E-state index in [1.54, 1.807) is 19.4 Å². The largest absolute Gasteiger partial charge is 0.502 e. The lowest BCUT2D eigenvalue weighted by Gasteiger charge is -2.28. The number of methoxy groups -OCH3 is 2. The van der Waals surface area contributed by atoms with Gasteiger partial charge in [-0.25, -0.2) is 4.98 Å². The van der Waals surface area contributed by atoms with Crippen molar-refractivity contribution >= 4 is 53.4 Å². The first-order valence-electron chi connectivity index (χ1n) is 14.2. The summed E-state index contributed by atoms with van der Waals surface area (Å²) in [4.78, 5) is 41.2. The van der Waals surface area contributed by atoms with Gasteiger partial charge in [-0.05, 0) is 50.2 Å². The number of alkyl halides is 1. The average Bonchev–Trinajstić information content (AvgIpc) is 3.49. The second kappa shape index (κ2) is 20.0. The third-order valence-electron chi connectivity index (χ3n) is 6.64. The number of nitrogens with one attached hydrogen (secondary N) is 3. The zero-order chi connectivity index (χ0) is 31.6. The molecule has 3 N–H and O–H groups in total. The summed E-state index contributed by atoms with van der Waals surface area (Å²) >= 11 is 11.5. The Hall–Kier alpha value is -3.02. The zero-order valence-corrected chi connectivity index (χ0v) is 27.6. The molecular weight excluding hydrogens is 608 g/mol. The number of amides is 2. The molecule has 3 rings (SSSR count). The van der Waals surface area contributed by atoms with Crippen molar-refractivity contribution in [3.63, 3.8) is 0 Å². The number of thiol groups is 1. The molecule has 1 fully saturated rings. The number of rotatable bonds is 16. The Balaban J connectivity index is 0.00000119. The highest BCUT2D eigenvalue weighted by Gasteiger charge is 2.25. The maximum Gasteiger partial charge on any atom is 0.325 e. The summed E-state index contributed by atoms with van der Waals surface area (Å²) in [6.45, 7) is 5.75. The molecule has 236 valence electrons. The Labute approximate surface area is 269 Å². The second-order valence-electron chi connectivity index (χ2n) is 9.93. The van der Waals surface area contributed by atoms with Crippen LogP contribution in [-0.2, 0) is 25.6 Å². The van der Waals surface area contributed by atoms with Gasteiger partial charge in [0.15, 0.2) is 0 Å². The number of ether oxygens (including phenoxy) is 2. The maximum absolute atomic E-state index is 13.0. The van der Waals surface area contributed by atoms with Crippen LogP contribution in [0.3, 0.4) is 0 Å². The second-order valence-corrected chi connectivity index (χ2v) is 11.5. The third-order valence-corrected chi connectivity index (χ3v) is 8.16. The minimum Gasteiger partial charge on any atom is -0.502 e. The van der Waals surface area contributed by atoms with Gasteiger partial charge in [0.05, 0.1) is 26.0 Å². The molecule has 1 aliphatic rings. The van der Waals surface area contributed by atoms with Crippen LogP contribution >= 0.6 is 35.6 Å². The van der Waals surface area contributed by atoms with Crippen LogP contribution in [0.25, 0.3) is 10.6 Å². The van der Waals surface area contributed by atoms with Gasteiger partial charge in [-0.1, -0.05) is 37.3 Å². The average molecular weight is 651 g/mol. The van der Waals surface area contributed by atoms with E-state index in [2.05, 4.69) is 44.9 Å². The number of nitrogens with zero attached hydrogens (tertiary/aromatic N) is 1. The molecule has 1 saturated carbocycles. The fourth-order valence-electron chi connectivity index (χ4n) is 3.92. The van der Waals surface area contributed by atoms with Gasteiger partial charge in [-0.2, -0.15) is 12.6 Å². The standard InChI is InChI=1S/C27H35ClN4O4S2.C4H8O/c1-36-24(34)15-30-25(19-6-5-7-19)21(16-37)31-26(35)22-17-38-27(32-22)20-11-9-18(10-12-20)14-29-23(33)8-3-2-4-13-28;1-4(2)5-3/h9-12,17,21,30,37H,2-8,13-16H2,1H3,(H,29,33)(H,31,35);1H2,2-3H3. The quantitative estimate of drug-likeness (QED) is 0.0612. The lowest BCUT2D eigenvalue weighted by atomic mass is 9.88. The van der Waals surface area contributed by atoms with Crippen molar-refractivity contribution in [3.05, 3.63) is 64.5 Å². The van der Waals surface area contributed by atoms with E-state index in [1.807, 2.05) is 24.3 Å². The number of aromatic nitrogens is 1. The van der Waals surface area contributed by atoms with Crippen molar-refractivity contribution < 1.29 is 23.9 Å². The molecule has 0 saturated heterocycles. The number of thiazole rings is 1. The van der Waals surface area contributed by atoms with Gasteiger partial charge in [0, 0.05) is 41.2 Å². The summed E-state index contributed by atoms with van der Waals surface area (Å²) in [6.07, 6.45) is 6.18. The number of unbranched alkanes of at least 4 members (excludes halogenated alkanes) is 2. The van der Waals surface area contributed by atoms with Crippen molar-refractivity contribution in [1.82, 2.24) is 20.9 Å². The van der Waals surface area contributed by atoms with E-state index in [9.17, 15) is 14.4 Å². The number of benzene rings is 1. The molecule has 0 radical (unpaired) electrons. The maximum atomic E-state index is 13.0. The Morgan fingerprint density at radius 2 is 1.79 bits per heavy atom. The number of carbonyl (C=O) groups is 3. The normalized spacial score (nSPS) is 12.5. The zero-order valence-electron chi connectivity index (χ0n) is 25.2. The highest BCUT2D eigenvalue weighted by Crippen LogP contribution is 2.30. The van der Waals surface area contributed by atoms with Crippen LogP contribution < -0.4 is 16.0 Å². The molecule has 2 amide bonds. The molecule has 0 bridgehead atoms. The Morgan fingerprint density at radius 3 is 2.35 bits per heavy atom. The smallest absolute Gasteiger partial charge is 0.325 e. The van der Waals surface area contributed by atoms with Gasteiger partial charge in [0.2, 0.25) is 5.91 Å². The number of allylic oxidation sites excluding steroid dienone is 2. The summed E-state index contributed by atoms with van der Waals surface area (Å²) in [5.74, 6) is 1.13. The van der Waals surface area contributed by atoms with E-state index in [1.165, 1.54) is 24.0 Å². The SMILES string of the molecule is C=C(C)OC.COC(=O)CNC(=C1CCC1)C(CS)NC(=O)c1csc(-c2ccc(CNC(=O)CCCCCCl)cc2)n1. The van der Waals surface area contributed by atoms with Crippen molar-refractivity contribution in [2.24, 2.45) is 0 Å². The first-order valence-corrected chi connectivity index (χ1v) is 16.3. The minimum absolute atomic E-state index is 0.0323. The van der Waals surface area contributed by atoms with Crippen LogP contribution in [-0.4, -0.2) is 61.2 Å². The highest BCUT2D eigenvalue weighted by atomic mass is 35.5. The van der Waals surface area contributed by atoms with E-state index >= 15 is 0 Å². The van der Waals surface area contributed by atoms with E-state index in [0.717, 1.165) is 66.1 Å². The molecule has 1 unspecified atom stereocenters. The molecular formula is C31H43ClN4O5S2.